The molecule has 2 saturated carbocycles. The summed E-state index contributed by atoms with van der Waals surface area (Å²) in [6, 6.07) is 0. The maximum Gasteiger partial charge on any atom is 0.0676 e. The van der Waals surface area contributed by atoms with Gasteiger partial charge in [0.15, 0.2) is 0 Å². The van der Waals surface area contributed by atoms with E-state index in [1.165, 1.54) is 32.1 Å². The van der Waals surface area contributed by atoms with Crippen molar-refractivity contribution in [2.45, 2.75) is 71.3 Å². The van der Waals surface area contributed by atoms with Crippen LogP contribution in [0.3, 0.4) is 0 Å². The molecule has 0 aromatic heterocycles. The third-order valence-electron chi connectivity index (χ3n) is 5.08. The molecular weight excluding hydrogens is 196 g/mol. The van der Waals surface area contributed by atoms with E-state index < -0.39 is 0 Å². The highest BCUT2D eigenvalue weighted by Gasteiger charge is 2.41. The Hall–Kier alpha value is -0.0400. The molecule has 0 bridgehead atoms. The Morgan fingerprint density at radius 1 is 0.812 bits per heavy atom. The number of aliphatic hydroxyl groups is 1. The van der Waals surface area contributed by atoms with Gasteiger partial charge in [0.05, 0.1) is 5.60 Å². The van der Waals surface area contributed by atoms with E-state index in [4.69, 9.17) is 0 Å². The van der Waals surface area contributed by atoms with Crippen molar-refractivity contribution in [3.05, 3.63) is 0 Å². The molecule has 1 nitrogen and oxygen atoms in total. The van der Waals surface area contributed by atoms with Gasteiger partial charge >= 0.3 is 0 Å². The first kappa shape index (κ1) is 12.4. The summed E-state index contributed by atoms with van der Waals surface area (Å²) in [5, 5.41) is 10.8. The molecular formula is C15H28O. The summed E-state index contributed by atoms with van der Waals surface area (Å²) in [5.41, 5.74) is -0.310. The summed E-state index contributed by atoms with van der Waals surface area (Å²) in [6.45, 7) is 7.04. The zero-order chi connectivity index (χ0) is 11.8. The minimum atomic E-state index is -0.310. The van der Waals surface area contributed by atoms with Crippen LogP contribution in [0, 0.1) is 23.7 Å². The average molecular weight is 224 g/mol. The van der Waals surface area contributed by atoms with Crippen LogP contribution in [0.2, 0.25) is 0 Å². The molecule has 0 aromatic carbocycles. The Morgan fingerprint density at radius 3 is 1.81 bits per heavy atom. The topological polar surface area (TPSA) is 20.2 Å². The van der Waals surface area contributed by atoms with E-state index in [0.29, 0.717) is 5.92 Å². The lowest BCUT2D eigenvalue weighted by molar-refractivity contribution is -0.0810. The van der Waals surface area contributed by atoms with Gasteiger partial charge in [0.1, 0.15) is 0 Å². The van der Waals surface area contributed by atoms with Crippen molar-refractivity contribution in [1.82, 2.24) is 0 Å². The largest absolute Gasteiger partial charge is 0.390 e. The SMILES string of the molecule is CC1CCC(O)(C2CC(C)CC(C)C2)CC1. The van der Waals surface area contributed by atoms with Gasteiger partial charge in [-0.05, 0) is 68.6 Å². The fourth-order valence-corrected chi connectivity index (χ4v) is 4.06. The van der Waals surface area contributed by atoms with E-state index in [1.54, 1.807) is 0 Å². The second-order valence-electron chi connectivity index (χ2n) is 6.90. The van der Waals surface area contributed by atoms with Gasteiger partial charge in [0.25, 0.3) is 0 Å². The van der Waals surface area contributed by atoms with Crippen LogP contribution < -0.4 is 0 Å². The smallest absolute Gasteiger partial charge is 0.0676 e. The van der Waals surface area contributed by atoms with Gasteiger partial charge in [-0.15, -0.1) is 0 Å². The van der Waals surface area contributed by atoms with Gasteiger partial charge in [0.2, 0.25) is 0 Å². The van der Waals surface area contributed by atoms with Crippen LogP contribution in [0.25, 0.3) is 0 Å². The van der Waals surface area contributed by atoms with Crippen LogP contribution in [-0.2, 0) is 0 Å². The van der Waals surface area contributed by atoms with Crippen molar-refractivity contribution >= 4 is 0 Å². The molecule has 2 aliphatic carbocycles. The standard InChI is InChI=1S/C15H28O/c1-11-4-6-15(16,7-5-11)14-9-12(2)8-13(3)10-14/h11-14,16H,4-10H2,1-3H3. The first-order valence-corrected chi connectivity index (χ1v) is 7.22. The molecule has 0 heterocycles. The third-order valence-corrected chi connectivity index (χ3v) is 5.08. The van der Waals surface area contributed by atoms with Crippen LogP contribution in [-0.4, -0.2) is 10.7 Å². The van der Waals surface area contributed by atoms with Crippen LogP contribution in [0.4, 0.5) is 0 Å². The molecule has 94 valence electrons. The normalized spacial score (nSPS) is 50.2. The summed E-state index contributed by atoms with van der Waals surface area (Å²) >= 11 is 0. The van der Waals surface area contributed by atoms with Crippen molar-refractivity contribution in [3.8, 4) is 0 Å². The molecule has 0 amide bonds. The van der Waals surface area contributed by atoms with Crippen LogP contribution >= 0.6 is 0 Å². The lowest BCUT2D eigenvalue weighted by Gasteiger charge is -2.45. The number of hydrogen-bond donors (Lipinski definition) is 1. The molecule has 0 radical (unpaired) electrons. The van der Waals surface area contributed by atoms with Gasteiger partial charge in [0, 0.05) is 0 Å². The molecule has 2 aliphatic rings. The predicted molar refractivity (Wildman–Crippen MR) is 68.3 cm³/mol. The second-order valence-corrected chi connectivity index (χ2v) is 6.90. The Bertz CT molecular complexity index is 218. The van der Waals surface area contributed by atoms with Gasteiger partial charge in [-0.25, -0.2) is 0 Å². The number of rotatable bonds is 1. The third kappa shape index (κ3) is 2.61. The van der Waals surface area contributed by atoms with E-state index in [2.05, 4.69) is 20.8 Å². The maximum absolute atomic E-state index is 10.8. The molecule has 16 heavy (non-hydrogen) atoms. The van der Waals surface area contributed by atoms with Crippen molar-refractivity contribution in [2.75, 3.05) is 0 Å². The fourth-order valence-electron chi connectivity index (χ4n) is 4.06. The lowest BCUT2D eigenvalue weighted by atomic mass is 9.64. The summed E-state index contributed by atoms with van der Waals surface area (Å²) in [4.78, 5) is 0. The quantitative estimate of drug-likeness (QED) is 0.714. The van der Waals surface area contributed by atoms with Gasteiger partial charge in [-0.2, -0.15) is 0 Å². The minimum absolute atomic E-state index is 0.310. The highest BCUT2D eigenvalue weighted by Crippen LogP contribution is 2.45. The molecule has 2 fully saturated rings. The van der Waals surface area contributed by atoms with Crippen molar-refractivity contribution < 1.29 is 5.11 Å². The highest BCUT2D eigenvalue weighted by atomic mass is 16.3. The first-order chi connectivity index (χ1) is 7.49. The minimum Gasteiger partial charge on any atom is -0.390 e. The van der Waals surface area contributed by atoms with E-state index in [0.717, 1.165) is 30.6 Å². The second kappa shape index (κ2) is 4.68. The molecule has 1 N–H and O–H groups in total. The van der Waals surface area contributed by atoms with Crippen LogP contribution in [0.15, 0.2) is 0 Å². The van der Waals surface area contributed by atoms with Crippen molar-refractivity contribution in [3.63, 3.8) is 0 Å². The molecule has 0 spiro atoms. The molecule has 2 rings (SSSR count). The molecule has 2 atom stereocenters. The number of hydrogen-bond acceptors (Lipinski definition) is 1. The summed E-state index contributed by atoms with van der Waals surface area (Å²) in [7, 11) is 0. The predicted octanol–water partition coefficient (Wildman–Crippen LogP) is 4.00. The van der Waals surface area contributed by atoms with E-state index in [1.807, 2.05) is 0 Å². The fraction of sp³-hybridized carbons (Fsp3) is 1.00. The summed E-state index contributed by atoms with van der Waals surface area (Å²) < 4.78 is 0. The Kier molecular flexibility index (Phi) is 3.63. The van der Waals surface area contributed by atoms with Gasteiger partial charge in [-0.3, -0.25) is 0 Å². The Morgan fingerprint density at radius 2 is 1.31 bits per heavy atom. The zero-order valence-corrected chi connectivity index (χ0v) is 11.2. The van der Waals surface area contributed by atoms with Crippen LogP contribution in [0.1, 0.15) is 65.7 Å². The van der Waals surface area contributed by atoms with Gasteiger partial charge in [-0.1, -0.05) is 20.8 Å². The monoisotopic (exact) mass is 224 g/mol. The molecule has 0 saturated heterocycles. The molecule has 1 heteroatoms. The highest BCUT2D eigenvalue weighted by molar-refractivity contribution is 4.93. The summed E-state index contributed by atoms with van der Waals surface area (Å²) in [6.07, 6.45) is 8.45. The van der Waals surface area contributed by atoms with E-state index in [-0.39, 0.29) is 5.60 Å². The maximum atomic E-state index is 10.8. The average Bonchev–Trinajstić information content (AvgIpc) is 2.21. The summed E-state index contributed by atoms with van der Waals surface area (Å²) in [5.74, 6) is 3.05. The Balaban J connectivity index is 1.99. The molecule has 0 aliphatic heterocycles. The van der Waals surface area contributed by atoms with E-state index in [9.17, 15) is 5.11 Å². The van der Waals surface area contributed by atoms with Crippen LogP contribution in [0.5, 0.6) is 0 Å². The van der Waals surface area contributed by atoms with Gasteiger partial charge < -0.3 is 5.11 Å². The van der Waals surface area contributed by atoms with Crippen molar-refractivity contribution in [2.24, 2.45) is 23.7 Å². The lowest BCUT2D eigenvalue weighted by Crippen LogP contribution is -2.44. The van der Waals surface area contributed by atoms with Crippen molar-refractivity contribution in [1.29, 1.82) is 0 Å². The first-order valence-electron chi connectivity index (χ1n) is 7.22. The molecule has 0 aromatic rings. The molecule has 2 unspecified atom stereocenters. The van der Waals surface area contributed by atoms with E-state index >= 15 is 0 Å². The zero-order valence-electron chi connectivity index (χ0n) is 11.2. The Labute approximate surface area is 101 Å².